The Morgan fingerprint density at radius 2 is 1.43 bits per heavy atom. The number of unbranched alkanes of at least 4 members (excludes halogenated alkanes) is 4. The zero-order valence-electron chi connectivity index (χ0n) is 15.4. The minimum atomic E-state index is -1.92. The van der Waals surface area contributed by atoms with Crippen molar-refractivity contribution in [1.29, 1.82) is 0 Å². The SMILES string of the molecule is CCCCCCO[Si](CC)(CC)OCC(CC)CCCC. The summed E-state index contributed by atoms with van der Waals surface area (Å²) in [7, 11) is -1.92. The van der Waals surface area contributed by atoms with Crippen LogP contribution in [-0.4, -0.2) is 21.8 Å². The Hall–Kier alpha value is 0.137. The second-order valence-corrected chi connectivity index (χ2v) is 10.1. The molecule has 0 aromatic carbocycles. The van der Waals surface area contributed by atoms with E-state index in [1.165, 1.54) is 51.4 Å². The lowest BCUT2D eigenvalue weighted by atomic mass is 10.0. The van der Waals surface area contributed by atoms with Gasteiger partial charge in [0.15, 0.2) is 0 Å². The molecule has 0 amide bonds. The van der Waals surface area contributed by atoms with E-state index in [0.717, 1.165) is 31.2 Å². The fourth-order valence-electron chi connectivity index (χ4n) is 2.65. The average molecular weight is 317 g/mol. The molecule has 0 aromatic rings. The van der Waals surface area contributed by atoms with Gasteiger partial charge < -0.3 is 8.85 Å². The van der Waals surface area contributed by atoms with E-state index >= 15 is 0 Å². The summed E-state index contributed by atoms with van der Waals surface area (Å²) in [6, 6.07) is 2.17. The molecular weight excluding hydrogens is 276 g/mol. The highest BCUT2D eigenvalue weighted by Gasteiger charge is 2.34. The summed E-state index contributed by atoms with van der Waals surface area (Å²) in [6.45, 7) is 13.1. The second-order valence-electron chi connectivity index (χ2n) is 6.25. The van der Waals surface area contributed by atoms with Crippen molar-refractivity contribution in [1.82, 2.24) is 0 Å². The molecule has 0 heterocycles. The molecule has 0 aromatic heterocycles. The maximum absolute atomic E-state index is 6.40. The molecule has 0 fully saturated rings. The molecule has 0 saturated heterocycles. The highest BCUT2D eigenvalue weighted by molar-refractivity contribution is 6.67. The van der Waals surface area contributed by atoms with Crippen LogP contribution in [0.25, 0.3) is 0 Å². The van der Waals surface area contributed by atoms with Crippen LogP contribution >= 0.6 is 0 Å². The van der Waals surface area contributed by atoms with Crippen LogP contribution in [0.3, 0.4) is 0 Å². The van der Waals surface area contributed by atoms with Crippen LogP contribution in [0.5, 0.6) is 0 Å². The molecule has 0 aliphatic carbocycles. The van der Waals surface area contributed by atoms with Gasteiger partial charge in [-0.3, -0.25) is 0 Å². The van der Waals surface area contributed by atoms with Gasteiger partial charge in [-0.2, -0.15) is 0 Å². The summed E-state index contributed by atoms with van der Waals surface area (Å²) in [4.78, 5) is 0. The lowest BCUT2D eigenvalue weighted by molar-refractivity contribution is 0.137. The topological polar surface area (TPSA) is 18.5 Å². The van der Waals surface area contributed by atoms with Crippen molar-refractivity contribution < 1.29 is 8.85 Å². The first-order valence-electron chi connectivity index (χ1n) is 9.45. The van der Waals surface area contributed by atoms with Crippen LogP contribution in [0.4, 0.5) is 0 Å². The highest BCUT2D eigenvalue weighted by Crippen LogP contribution is 2.22. The van der Waals surface area contributed by atoms with Gasteiger partial charge in [-0.15, -0.1) is 0 Å². The van der Waals surface area contributed by atoms with Crippen molar-refractivity contribution in [2.45, 2.75) is 98.1 Å². The van der Waals surface area contributed by atoms with Crippen LogP contribution in [-0.2, 0) is 8.85 Å². The molecule has 0 aliphatic heterocycles. The Labute approximate surface area is 135 Å². The Bertz CT molecular complexity index is 217. The third-order valence-corrected chi connectivity index (χ3v) is 8.14. The van der Waals surface area contributed by atoms with E-state index in [9.17, 15) is 0 Å². The summed E-state index contributed by atoms with van der Waals surface area (Å²) in [6.07, 6.45) is 10.3. The third kappa shape index (κ3) is 9.70. The number of hydrogen-bond acceptors (Lipinski definition) is 2. The maximum Gasteiger partial charge on any atom is 0.337 e. The molecule has 0 spiro atoms. The second kappa shape index (κ2) is 13.8. The average Bonchev–Trinajstić information content (AvgIpc) is 2.53. The van der Waals surface area contributed by atoms with Crippen LogP contribution in [0.1, 0.15) is 86.0 Å². The predicted molar refractivity (Wildman–Crippen MR) is 96.1 cm³/mol. The molecule has 128 valence electrons. The van der Waals surface area contributed by atoms with E-state index in [-0.39, 0.29) is 0 Å². The van der Waals surface area contributed by atoms with Crippen molar-refractivity contribution in [2.75, 3.05) is 13.2 Å². The molecule has 1 unspecified atom stereocenters. The predicted octanol–water partition coefficient (Wildman–Crippen LogP) is 6.30. The Balaban J connectivity index is 4.17. The minimum absolute atomic E-state index is 0.721. The molecule has 0 aliphatic rings. The first-order valence-corrected chi connectivity index (χ1v) is 11.7. The largest absolute Gasteiger partial charge is 0.394 e. The van der Waals surface area contributed by atoms with Crippen molar-refractivity contribution >= 4 is 8.56 Å². The standard InChI is InChI=1S/C18H40O2Si/c1-6-11-13-14-16-19-21(9-4,10-5)20-17-18(8-3)15-12-7-2/h18H,6-17H2,1-5H3. The quantitative estimate of drug-likeness (QED) is 0.261. The van der Waals surface area contributed by atoms with Crippen LogP contribution in [0.2, 0.25) is 12.1 Å². The van der Waals surface area contributed by atoms with Gasteiger partial charge in [0.05, 0.1) is 0 Å². The zero-order chi connectivity index (χ0) is 16.0. The number of rotatable bonds is 15. The van der Waals surface area contributed by atoms with E-state index in [4.69, 9.17) is 8.85 Å². The van der Waals surface area contributed by atoms with Crippen molar-refractivity contribution in [3.63, 3.8) is 0 Å². The van der Waals surface area contributed by atoms with E-state index in [1.807, 2.05) is 0 Å². The van der Waals surface area contributed by atoms with Gasteiger partial charge in [-0.25, -0.2) is 0 Å². The molecule has 0 N–H and O–H groups in total. The van der Waals surface area contributed by atoms with Crippen molar-refractivity contribution in [3.05, 3.63) is 0 Å². The van der Waals surface area contributed by atoms with E-state index in [0.29, 0.717) is 0 Å². The summed E-state index contributed by atoms with van der Waals surface area (Å²) in [5.74, 6) is 0.721. The molecule has 0 saturated carbocycles. The van der Waals surface area contributed by atoms with Gasteiger partial charge in [-0.05, 0) is 30.8 Å². The molecule has 0 rings (SSSR count). The summed E-state index contributed by atoms with van der Waals surface area (Å²) < 4.78 is 12.7. The molecule has 0 radical (unpaired) electrons. The van der Waals surface area contributed by atoms with Crippen molar-refractivity contribution in [2.24, 2.45) is 5.92 Å². The van der Waals surface area contributed by atoms with Crippen LogP contribution < -0.4 is 0 Å². The summed E-state index contributed by atoms with van der Waals surface area (Å²) >= 11 is 0. The smallest absolute Gasteiger partial charge is 0.337 e. The fourth-order valence-corrected chi connectivity index (χ4v) is 5.11. The van der Waals surface area contributed by atoms with E-state index in [1.54, 1.807) is 0 Å². The Morgan fingerprint density at radius 3 is 1.95 bits per heavy atom. The van der Waals surface area contributed by atoms with Crippen LogP contribution in [0.15, 0.2) is 0 Å². The highest BCUT2D eigenvalue weighted by atomic mass is 28.4. The molecule has 0 bridgehead atoms. The van der Waals surface area contributed by atoms with Gasteiger partial charge >= 0.3 is 8.56 Å². The molecular formula is C18H40O2Si. The Morgan fingerprint density at radius 1 is 0.762 bits per heavy atom. The van der Waals surface area contributed by atoms with Gasteiger partial charge in [-0.1, -0.05) is 73.1 Å². The summed E-state index contributed by atoms with van der Waals surface area (Å²) in [5.41, 5.74) is 0. The van der Waals surface area contributed by atoms with Gasteiger partial charge in [0, 0.05) is 13.2 Å². The minimum Gasteiger partial charge on any atom is -0.394 e. The van der Waals surface area contributed by atoms with E-state index in [2.05, 4.69) is 34.6 Å². The van der Waals surface area contributed by atoms with E-state index < -0.39 is 8.56 Å². The first-order chi connectivity index (χ1) is 10.2. The van der Waals surface area contributed by atoms with Crippen LogP contribution in [0, 0.1) is 5.92 Å². The molecule has 3 heteroatoms. The van der Waals surface area contributed by atoms with Gasteiger partial charge in [0.2, 0.25) is 0 Å². The Kier molecular flexibility index (Phi) is 13.9. The lowest BCUT2D eigenvalue weighted by Gasteiger charge is -2.30. The fraction of sp³-hybridized carbons (Fsp3) is 1.00. The maximum atomic E-state index is 6.40. The third-order valence-electron chi connectivity index (χ3n) is 4.57. The van der Waals surface area contributed by atoms with Crippen molar-refractivity contribution in [3.8, 4) is 0 Å². The van der Waals surface area contributed by atoms with Gasteiger partial charge in [0.25, 0.3) is 0 Å². The van der Waals surface area contributed by atoms with Gasteiger partial charge in [0.1, 0.15) is 0 Å². The first kappa shape index (κ1) is 21.1. The molecule has 21 heavy (non-hydrogen) atoms. The lowest BCUT2D eigenvalue weighted by Crippen LogP contribution is -2.42. The molecule has 2 nitrogen and oxygen atoms in total. The normalized spacial score (nSPS) is 13.6. The summed E-state index contributed by atoms with van der Waals surface area (Å²) in [5, 5.41) is 0. The monoisotopic (exact) mass is 316 g/mol. The zero-order valence-corrected chi connectivity index (χ0v) is 16.4. The number of hydrogen-bond donors (Lipinski definition) is 0. The molecule has 1 atom stereocenters.